The minimum absolute atomic E-state index is 0.116. The number of hydrogen-bond acceptors (Lipinski definition) is 3. The number of Topliss-reactive ketones (excluding diaryl/α,β-unsaturated/α-hetero) is 1. The molecule has 1 atom stereocenters. The highest BCUT2D eigenvalue weighted by Crippen LogP contribution is 2.29. The lowest BCUT2D eigenvalue weighted by Gasteiger charge is -2.18. The fourth-order valence-corrected chi connectivity index (χ4v) is 2.31. The highest BCUT2D eigenvalue weighted by Gasteiger charge is 2.18. The van der Waals surface area contributed by atoms with Crippen LogP contribution in [0.15, 0.2) is 22.7 Å². The summed E-state index contributed by atoms with van der Waals surface area (Å²) in [4.78, 5) is 11.7. The third-order valence-corrected chi connectivity index (χ3v) is 3.42. The van der Waals surface area contributed by atoms with Gasteiger partial charge in [0.2, 0.25) is 0 Å². The van der Waals surface area contributed by atoms with Crippen molar-refractivity contribution in [1.82, 2.24) is 5.32 Å². The summed E-state index contributed by atoms with van der Waals surface area (Å²) in [5, 5.41) is 3.31. The van der Waals surface area contributed by atoms with Crippen LogP contribution >= 0.6 is 15.9 Å². The van der Waals surface area contributed by atoms with Gasteiger partial charge in [0.15, 0.2) is 0 Å². The fourth-order valence-electron chi connectivity index (χ4n) is 1.75. The van der Waals surface area contributed by atoms with Crippen molar-refractivity contribution < 1.29 is 9.53 Å². The van der Waals surface area contributed by atoms with Crippen LogP contribution in [0.1, 0.15) is 32.3 Å². The van der Waals surface area contributed by atoms with Crippen molar-refractivity contribution in [2.45, 2.75) is 32.7 Å². The average molecular weight is 314 g/mol. The number of ketones is 1. The molecule has 3 nitrogen and oxygen atoms in total. The van der Waals surface area contributed by atoms with E-state index in [1.54, 1.807) is 14.0 Å². The molecule has 0 aliphatic carbocycles. The molecule has 0 spiro atoms. The molecular formula is C14H20BrNO2. The van der Waals surface area contributed by atoms with E-state index >= 15 is 0 Å². The maximum Gasteiger partial charge on any atom is 0.138 e. The van der Waals surface area contributed by atoms with Gasteiger partial charge < -0.3 is 10.1 Å². The zero-order chi connectivity index (χ0) is 13.7. The van der Waals surface area contributed by atoms with Crippen LogP contribution in [0.5, 0.6) is 5.75 Å². The van der Waals surface area contributed by atoms with E-state index in [1.165, 1.54) is 0 Å². The van der Waals surface area contributed by atoms with Crippen molar-refractivity contribution in [2.24, 2.45) is 0 Å². The van der Waals surface area contributed by atoms with Crippen molar-refractivity contribution in [3.8, 4) is 5.75 Å². The Balaban J connectivity index is 2.92. The molecule has 0 aliphatic heterocycles. The standard InChI is InChI=1S/C14H20BrNO2/c1-9(2)16-8-12(10(3)17)11-5-6-14(18-4)13(15)7-11/h5-7,9,12,16H,8H2,1-4H3/t12-/m0/s1. The lowest BCUT2D eigenvalue weighted by atomic mass is 9.95. The van der Waals surface area contributed by atoms with Gasteiger partial charge in [-0.2, -0.15) is 0 Å². The minimum Gasteiger partial charge on any atom is -0.496 e. The summed E-state index contributed by atoms with van der Waals surface area (Å²) in [5.74, 6) is 0.827. The molecule has 18 heavy (non-hydrogen) atoms. The Morgan fingerprint density at radius 3 is 2.56 bits per heavy atom. The lowest BCUT2D eigenvalue weighted by molar-refractivity contribution is -0.118. The molecule has 4 heteroatoms. The first-order valence-electron chi connectivity index (χ1n) is 6.03. The second-order valence-electron chi connectivity index (χ2n) is 4.62. The Kier molecular flexibility index (Phi) is 5.82. The number of nitrogens with one attached hydrogen (secondary N) is 1. The van der Waals surface area contributed by atoms with E-state index in [4.69, 9.17) is 4.74 Å². The number of carbonyl (C=O) groups is 1. The molecule has 0 radical (unpaired) electrons. The Morgan fingerprint density at radius 2 is 2.11 bits per heavy atom. The molecule has 1 aromatic rings. The van der Waals surface area contributed by atoms with E-state index in [1.807, 2.05) is 18.2 Å². The lowest BCUT2D eigenvalue weighted by Crippen LogP contribution is -2.30. The third kappa shape index (κ3) is 4.10. The number of methoxy groups -OCH3 is 1. The molecular weight excluding hydrogens is 294 g/mol. The van der Waals surface area contributed by atoms with E-state index in [2.05, 4.69) is 35.1 Å². The monoisotopic (exact) mass is 313 g/mol. The zero-order valence-electron chi connectivity index (χ0n) is 11.3. The second-order valence-corrected chi connectivity index (χ2v) is 5.47. The van der Waals surface area contributed by atoms with Crippen molar-refractivity contribution in [3.63, 3.8) is 0 Å². The van der Waals surface area contributed by atoms with Gasteiger partial charge in [0, 0.05) is 12.6 Å². The van der Waals surface area contributed by atoms with E-state index in [0.717, 1.165) is 15.8 Å². The maximum atomic E-state index is 11.7. The Hall–Kier alpha value is -0.870. The Labute approximate surface area is 117 Å². The summed E-state index contributed by atoms with van der Waals surface area (Å²) in [6, 6.07) is 6.14. The van der Waals surface area contributed by atoms with E-state index < -0.39 is 0 Å². The first-order valence-corrected chi connectivity index (χ1v) is 6.82. The summed E-state index contributed by atoms with van der Waals surface area (Å²) >= 11 is 3.45. The second kappa shape index (κ2) is 6.90. The SMILES string of the molecule is COc1ccc([C@@H](CNC(C)C)C(C)=O)cc1Br. The quantitative estimate of drug-likeness (QED) is 0.877. The average Bonchev–Trinajstić information content (AvgIpc) is 2.28. The third-order valence-electron chi connectivity index (χ3n) is 2.80. The fraction of sp³-hybridized carbons (Fsp3) is 0.500. The largest absolute Gasteiger partial charge is 0.496 e. The molecule has 0 saturated heterocycles. The number of ether oxygens (including phenoxy) is 1. The van der Waals surface area contributed by atoms with Crippen molar-refractivity contribution in [1.29, 1.82) is 0 Å². The van der Waals surface area contributed by atoms with E-state index in [0.29, 0.717) is 12.6 Å². The highest BCUT2D eigenvalue weighted by molar-refractivity contribution is 9.10. The normalized spacial score (nSPS) is 12.6. The number of carbonyl (C=O) groups excluding carboxylic acids is 1. The summed E-state index contributed by atoms with van der Waals surface area (Å²) < 4.78 is 6.06. The van der Waals surface area contributed by atoms with Crippen LogP contribution in [0.2, 0.25) is 0 Å². The van der Waals surface area contributed by atoms with Gasteiger partial charge in [-0.25, -0.2) is 0 Å². The van der Waals surface area contributed by atoms with Crippen LogP contribution in [0.25, 0.3) is 0 Å². The first-order chi connectivity index (χ1) is 8.45. The van der Waals surface area contributed by atoms with Crippen LogP contribution in [0.3, 0.4) is 0 Å². The molecule has 1 rings (SSSR count). The van der Waals surface area contributed by atoms with Crippen molar-refractivity contribution in [2.75, 3.05) is 13.7 Å². The van der Waals surface area contributed by atoms with Gasteiger partial charge in [-0.3, -0.25) is 4.79 Å². The Morgan fingerprint density at radius 1 is 1.44 bits per heavy atom. The molecule has 0 unspecified atom stereocenters. The van der Waals surface area contributed by atoms with Gasteiger partial charge in [-0.1, -0.05) is 19.9 Å². The highest BCUT2D eigenvalue weighted by atomic mass is 79.9. The topological polar surface area (TPSA) is 38.3 Å². The van der Waals surface area contributed by atoms with Crippen molar-refractivity contribution in [3.05, 3.63) is 28.2 Å². The van der Waals surface area contributed by atoms with Gasteiger partial charge in [0.1, 0.15) is 11.5 Å². The van der Waals surface area contributed by atoms with E-state index in [-0.39, 0.29) is 11.7 Å². The number of hydrogen-bond donors (Lipinski definition) is 1. The summed E-state index contributed by atoms with van der Waals surface area (Å²) in [6.45, 7) is 6.43. The van der Waals surface area contributed by atoms with Crippen LogP contribution in [-0.4, -0.2) is 25.5 Å². The summed E-state index contributed by atoms with van der Waals surface area (Å²) in [6.07, 6.45) is 0. The number of benzene rings is 1. The molecule has 0 amide bonds. The smallest absolute Gasteiger partial charge is 0.138 e. The van der Waals surface area contributed by atoms with Gasteiger partial charge in [-0.05, 0) is 40.5 Å². The minimum atomic E-state index is -0.116. The molecule has 0 saturated carbocycles. The predicted octanol–water partition coefficient (Wildman–Crippen LogP) is 3.13. The van der Waals surface area contributed by atoms with Crippen LogP contribution < -0.4 is 10.1 Å². The summed E-state index contributed by atoms with van der Waals surface area (Å²) in [7, 11) is 1.63. The first kappa shape index (κ1) is 15.2. The molecule has 100 valence electrons. The zero-order valence-corrected chi connectivity index (χ0v) is 12.9. The molecule has 0 bridgehead atoms. The van der Waals surface area contributed by atoms with Crippen molar-refractivity contribution >= 4 is 21.7 Å². The molecule has 0 fully saturated rings. The molecule has 0 aromatic heterocycles. The predicted molar refractivity (Wildman–Crippen MR) is 77.3 cm³/mol. The summed E-state index contributed by atoms with van der Waals surface area (Å²) in [5.41, 5.74) is 1.00. The molecule has 0 heterocycles. The molecule has 1 aromatic carbocycles. The van der Waals surface area contributed by atoms with E-state index in [9.17, 15) is 4.79 Å². The van der Waals surface area contributed by atoms with Gasteiger partial charge in [-0.15, -0.1) is 0 Å². The number of halogens is 1. The number of rotatable bonds is 6. The Bertz CT molecular complexity index is 418. The maximum absolute atomic E-state index is 11.7. The van der Waals surface area contributed by atoms with Crippen LogP contribution in [-0.2, 0) is 4.79 Å². The molecule has 1 N–H and O–H groups in total. The van der Waals surface area contributed by atoms with Gasteiger partial charge in [0.25, 0.3) is 0 Å². The van der Waals surface area contributed by atoms with Crippen LogP contribution in [0, 0.1) is 0 Å². The molecule has 0 aliphatic rings. The van der Waals surface area contributed by atoms with Crippen LogP contribution in [0.4, 0.5) is 0 Å². The van der Waals surface area contributed by atoms with Gasteiger partial charge in [0.05, 0.1) is 17.5 Å². The van der Waals surface area contributed by atoms with Gasteiger partial charge >= 0.3 is 0 Å².